The van der Waals surface area contributed by atoms with Crippen LogP contribution in [-0.4, -0.2) is 89.9 Å². The summed E-state index contributed by atoms with van der Waals surface area (Å²) in [5.41, 5.74) is 1.96. The molecule has 1 aromatic heterocycles. The van der Waals surface area contributed by atoms with Crippen LogP contribution in [0.3, 0.4) is 0 Å². The molecule has 1 fully saturated rings. The van der Waals surface area contributed by atoms with Crippen molar-refractivity contribution in [3.63, 3.8) is 0 Å². The van der Waals surface area contributed by atoms with Crippen molar-refractivity contribution in [2.45, 2.75) is 91.1 Å². The third kappa shape index (κ3) is 11.2. The molecule has 1 aliphatic rings. The predicted octanol–water partition coefficient (Wildman–Crippen LogP) is 4.84. The van der Waals surface area contributed by atoms with E-state index >= 15 is 0 Å². The first kappa shape index (κ1) is 40.7. The lowest BCUT2D eigenvalue weighted by Gasteiger charge is -2.45. The van der Waals surface area contributed by atoms with Crippen LogP contribution in [0.4, 0.5) is 4.79 Å². The summed E-state index contributed by atoms with van der Waals surface area (Å²) in [6.07, 6.45) is -0.235. The van der Waals surface area contributed by atoms with E-state index < -0.39 is 70.0 Å². The molecule has 0 spiro atoms. The van der Waals surface area contributed by atoms with Gasteiger partial charge in [0.2, 0.25) is 11.8 Å². The van der Waals surface area contributed by atoms with Gasteiger partial charge in [-0.1, -0.05) is 113 Å². The molecular weight excluding hydrogens is 685 g/mol. The van der Waals surface area contributed by atoms with Gasteiger partial charge in [-0.05, 0) is 53.4 Å². The van der Waals surface area contributed by atoms with E-state index in [0.29, 0.717) is 13.0 Å². The van der Waals surface area contributed by atoms with Crippen LogP contribution in [0.25, 0.3) is 11.3 Å². The quantitative estimate of drug-likeness (QED) is 0.113. The van der Waals surface area contributed by atoms with E-state index in [1.54, 1.807) is 27.0 Å². The van der Waals surface area contributed by atoms with Gasteiger partial charge in [0.25, 0.3) is 0 Å². The third-order valence-corrected chi connectivity index (χ3v) is 10.7. The van der Waals surface area contributed by atoms with Gasteiger partial charge < -0.3 is 26.2 Å². The van der Waals surface area contributed by atoms with Gasteiger partial charge in [0.1, 0.15) is 12.1 Å². The number of carbonyl (C=O) groups excluding carboxylic acids is 2. The van der Waals surface area contributed by atoms with Gasteiger partial charge in [-0.25, -0.2) is 9.52 Å². The number of aliphatic hydroxyl groups excluding tert-OH is 1. The maximum Gasteiger partial charge on any atom is 0.405 e. The normalized spacial score (nSPS) is 18.3. The second kappa shape index (κ2) is 17.2. The average molecular weight is 739 g/mol. The van der Waals surface area contributed by atoms with Crippen molar-refractivity contribution in [2.24, 2.45) is 10.8 Å². The summed E-state index contributed by atoms with van der Waals surface area (Å²) in [5.74, 6) is -1.01. The standard InChI is InChI=1S/C38H54N6O7S/c1-37(2,3)32(43-36(48)49)34(46)41-28(22-26-15-17-27(18-16-26)29-14-10-11-19-39-29)24-31(45)30(23-25-12-8-7-9-13-25)42-35(47)33(38(4,5)6)44-21-20-40-52(44,50)51/h7-19,28,30-33,40,43,45,50-51H,20-24H2,1-6H3,(H,41,46)(H,42,47)(H,48,49)/t28-,30+,31+,32-,33-/m1/s1. The number of hydrogen-bond acceptors (Lipinski definition) is 9. The Balaban J connectivity index is 1.65. The number of nitrogens with zero attached hydrogens (tertiary/aromatic N) is 2. The lowest BCUT2D eigenvalue weighted by molar-refractivity contribution is -0.130. The summed E-state index contributed by atoms with van der Waals surface area (Å²) in [5, 5.41) is 29.9. The van der Waals surface area contributed by atoms with Crippen LogP contribution in [0.15, 0.2) is 79.0 Å². The van der Waals surface area contributed by atoms with Crippen molar-refractivity contribution < 1.29 is 33.7 Å². The molecule has 0 aliphatic carbocycles. The Morgan fingerprint density at radius 2 is 1.46 bits per heavy atom. The van der Waals surface area contributed by atoms with E-state index in [2.05, 4.69) is 25.7 Å². The SMILES string of the molecule is CC(C)(C)[C@H](NC(=O)O)C(=O)N[C@H](Cc1ccc(-c2ccccn2)cc1)C[C@H](O)[C@H](Cc1ccccc1)NC(=O)[C@@H](N1CCNS1(O)O)C(C)(C)C. The minimum Gasteiger partial charge on any atom is -0.465 e. The van der Waals surface area contributed by atoms with E-state index in [-0.39, 0.29) is 19.4 Å². The molecule has 13 nitrogen and oxygen atoms in total. The lowest BCUT2D eigenvalue weighted by atomic mass is 9.85. The van der Waals surface area contributed by atoms with Crippen molar-refractivity contribution >= 4 is 28.9 Å². The zero-order chi connectivity index (χ0) is 38.3. The highest BCUT2D eigenvalue weighted by molar-refractivity contribution is 8.20. The van der Waals surface area contributed by atoms with Gasteiger partial charge in [0.05, 0.1) is 17.8 Å². The molecule has 2 aromatic carbocycles. The Morgan fingerprint density at radius 3 is 2.00 bits per heavy atom. The molecule has 8 N–H and O–H groups in total. The Labute approximate surface area is 308 Å². The van der Waals surface area contributed by atoms with Gasteiger partial charge in [-0.15, -0.1) is 0 Å². The van der Waals surface area contributed by atoms with Crippen molar-refractivity contribution in [3.05, 3.63) is 90.1 Å². The summed E-state index contributed by atoms with van der Waals surface area (Å²) in [6.45, 7) is 11.4. The summed E-state index contributed by atoms with van der Waals surface area (Å²) in [7, 11) is -3.39. The topological polar surface area (TPSA) is 196 Å². The summed E-state index contributed by atoms with van der Waals surface area (Å²) >= 11 is 0. The van der Waals surface area contributed by atoms with Crippen molar-refractivity contribution in [3.8, 4) is 11.3 Å². The Kier molecular flexibility index (Phi) is 13.5. The Hall–Kier alpha value is -4.05. The highest BCUT2D eigenvalue weighted by Gasteiger charge is 2.45. The molecular formula is C38H54N6O7S. The number of benzene rings is 2. The van der Waals surface area contributed by atoms with Gasteiger partial charge in [-0.3, -0.25) is 23.7 Å². The Morgan fingerprint density at radius 1 is 0.827 bits per heavy atom. The Bertz CT molecular complexity index is 1630. The van der Waals surface area contributed by atoms with Crippen LogP contribution in [0.5, 0.6) is 0 Å². The predicted molar refractivity (Wildman–Crippen MR) is 203 cm³/mol. The smallest absolute Gasteiger partial charge is 0.405 e. The number of aliphatic hydroxyl groups is 1. The fraction of sp³-hybridized carbons (Fsp3) is 0.474. The van der Waals surface area contributed by atoms with Crippen LogP contribution >= 0.6 is 11.0 Å². The van der Waals surface area contributed by atoms with Crippen LogP contribution < -0.4 is 20.7 Å². The first-order valence-corrected chi connectivity index (χ1v) is 19.0. The minimum atomic E-state index is -3.39. The van der Waals surface area contributed by atoms with Gasteiger partial charge in [0.15, 0.2) is 0 Å². The molecule has 1 aliphatic heterocycles. The van der Waals surface area contributed by atoms with Crippen molar-refractivity contribution in [2.75, 3.05) is 13.1 Å². The average Bonchev–Trinajstić information content (AvgIpc) is 3.40. The number of nitrogens with one attached hydrogen (secondary N) is 4. The van der Waals surface area contributed by atoms with E-state index in [1.807, 2.05) is 93.6 Å². The second-order valence-electron chi connectivity index (χ2n) is 15.5. The first-order valence-electron chi connectivity index (χ1n) is 17.5. The molecule has 1 saturated heterocycles. The number of pyridine rings is 1. The highest BCUT2D eigenvalue weighted by Crippen LogP contribution is 2.47. The maximum absolute atomic E-state index is 14.1. The van der Waals surface area contributed by atoms with Crippen LogP contribution in [0.1, 0.15) is 59.1 Å². The molecule has 0 unspecified atom stereocenters. The highest BCUT2D eigenvalue weighted by atomic mass is 32.3. The molecule has 2 heterocycles. The van der Waals surface area contributed by atoms with Crippen molar-refractivity contribution in [1.82, 2.24) is 30.0 Å². The zero-order valence-corrected chi connectivity index (χ0v) is 31.6. The molecule has 0 saturated carbocycles. The first-order chi connectivity index (χ1) is 24.3. The number of hydrogen-bond donors (Lipinski definition) is 8. The van der Waals surface area contributed by atoms with Crippen molar-refractivity contribution in [1.29, 1.82) is 0 Å². The van der Waals surface area contributed by atoms with E-state index in [4.69, 9.17) is 0 Å². The number of rotatable bonds is 14. The number of carboxylic acid groups (broad SMARTS) is 1. The maximum atomic E-state index is 14.1. The number of aromatic nitrogens is 1. The number of amides is 3. The lowest BCUT2D eigenvalue weighted by Crippen LogP contribution is -2.58. The second-order valence-corrected chi connectivity index (χ2v) is 17.3. The molecule has 3 aromatic rings. The summed E-state index contributed by atoms with van der Waals surface area (Å²) in [6, 6.07) is 19.2. The van der Waals surface area contributed by atoms with E-state index in [9.17, 15) is 33.7 Å². The molecule has 52 heavy (non-hydrogen) atoms. The van der Waals surface area contributed by atoms with E-state index in [1.165, 1.54) is 4.31 Å². The van der Waals surface area contributed by atoms with Crippen LogP contribution in [-0.2, 0) is 22.4 Å². The zero-order valence-electron chi connectivity index (χ0n) is 30.7. The molecule has 5 atom stereocenters. The van der Waals surface area contributed by atoms with Gasteiger partial charge >= 0.3 is 6.09 Å². The molecule has 0 bridgehead atoms. The van der Waals surface area contributed by atoms with Gasteiger partial charge in [-0.2, -0.15) is 4.31 Å². The fourth-order valence-corrected chi connectivity index (χ4v) is 8.09. The largest absolute Gasteiger partial charge is 0.465 e. The molecule has 3 amide bonds. The number of carbonyl (C=O) groups is 3. The summed E-state index contributed by atoms with van der Waals surface area (Å²) < 4.78 is 25.5. The molecule has 4 rings (SSSR count). The minimum absolute atomic E-state index is 0.0100. The van der Waals surface area contributed by atoms with E-state index in [0.717, 1.165) is 22.4 Å². The fourth-order valence-electron chi connectivity index (χ4n) is 6.51. The van der Waals surface area contributed by atoms with Crippen LogP contribution in [0.2, 0.25) is 0 Å². The van der Waals surface area contributed by atoms with Crippen LogP contribution in [0, 0.1) is 10.8 Å². The molecule has 0 radical (unpaired) electrons. The van der Waals surface area contributed by atoms with Gasteiger partial charge in [0, 0.05) is 30.9 Å². The summed E-state index contributed by atoms with van der Waals surface area (Å²) in [4.78, 5) is 44.0. The molecule has 284 valence electrons. The molecule has 14 heteroatoms. The third-order valence-electron chi connectivity index (χ3n) is 9.07. The monoisotopic (exact) mass is 738 g/mol.